The highest BCUT2D eigenvalue weighted by molar-refractivity contribution is 5.68. The minimum atomic E-state index is -0.896. The molecule has 2 heterocycles. The van der Waals surface area contributed by atoms with Crippen LogP contribution in [0.4, 0.5) is 0 Å². The van der Waals surface area contributed by atoms with Crippen molar-refractivity contribution < 1.29 is 19.1 Å². The lowest BCUT2D eigenvalue weighted by atomic mass is 10.2. The van der Waals surface area contributed by atoms with Crippen LogP contribution < -0.4 is 4.74 Å². The minimum absolute atomic E-state index is 0.100. The zero-order chi connectivity index (χ0) is 17.3. The lowest BCUT2D eigenvalue weighted by molar-refractivity contribution is -0.137. The highest BCUT2D eigenvalue weighted by Crippen LogP contribution is 2.29. The Labute approximate surface area is 138 Å². The van der Waals surface area contributed by atoms with Crippen molar-refractivity contribution in [1.29, 1.82) is 0 Å². The molecule has 7 heteroatoms. The molecule has 1 aromatic carbocycles. The van der Waals surface area contributed by atoms with E-state index in [1.54, 1.807) is 11.7 Å². The Bertz CT molecular complexity index is 878. The van der Waals surface area contributed by atoms with Crippen LogP contribution in [0.15, 0.2) is 34.7 Å². The van der Waals surface area contributed by atoms with Gasteiger partial charge in [-0.3, -0.25) is 4.79 Å². The van der Waals surface area contributed by atoms with Crippen molar-refractivity contribution in [1.82, 2.24) is 14.8 Å². The third-order valence-corrected chi connectivity index (χ3v) is 3.86. The number of nitrogens with zero attached hydrogens (tertiary/aromatic N) is 3. The first-order valence-corrected chi connectivity index (χ1v) is 7.36. The van der Waals surface area contributed by atoms with Crippen molar-refractivity contribution in [2.24, 2.45) is 0 Å². The van der Waals surface area contributed by atoms with E-state index in [9.17, 15) is 4.79 Å². The maximum atomic E-state index is 11.0. The van der Waals surface area contributed by atoms with Gasteiger partial charge in [0.2, 0.25) is 11.8 Å². The van der Waals surface area contributed by atoms with Crippen LogP contribution in [-0.4, -0.2) is 33.0 Å². The van der Waals surface area contributed by atoms with Crippen molar-refractivity contribution in [3.63, 3.8) is 0 Å². The largest absolute Gasteiger partial charge is 0.497 e. The average Bonchev–Trinajstić information content (AvgIpc) is 3.15. The summed E-state index contributed by atoms with van der Waals surface area (Å²) in [6.07, 6.45) is 0. The van der Waals surface area contributed by atoms with Crippen molar-refractivity contribution in [2.75, 3.05) is 7.11 Å². The van der Waals surface area contributed by atoms with Crippen molar-refractivity contribution in [3.8, 4) is 28.7 Å². The van der Waals surface area contributed by atoms with Gasteiger partial charge >= 0.3 is 5.97 Å². The zero-order valence-electron chi connectivity index (χ0n) is 13.6. The van der Waals surface area contributed by atoms with Crippen LogP contribution >= 0.6 is 0 Å². The highest BCUT2D eigenvalue weighted by Gasteiger charge is 2.18. The number of methoxy groups -OCH3 is 1. The van der Waals surface area contributed by atoms with E-state index in [1.807, 2.05) is 44.2 Å². The number of benzene rings is 1. The molecule has 3 aromatic rings. The quantitative estimate of drug-likeness (QED) is 0.775. The Balaban J connectivity index is 1.94. The maximum absolute atomic E-state index is 11.0. The second kappa shape index (κ2) is 6.19. The third-order valence-electron chi connectivity index (χ3n) is 3.86. The fraction of sp³-hybridized carbons (Fsp3) is 0.235. The summed E-state index contributed by atoms with van der Waals surface area (Å²) in [5.41, 5.74) is 3.13. The fourth-order valence-electron chi connectivity index (χ4n) is 2.58. The Morgan fingerprint density at radius 3 is 2.50 bits per heavy atom. The zero-order valence-corrected chi connectivity index (χ0v) is 13.6. The summed E-state index contributed by atoms with van der Waals surface area (Å²) < 4.78 is 12.6. The molecule has 7 nitrogen and oxygen atoms in total. The molecular formula is C17H17N3O4. The number of hydrogen-bond donors (Lipinski definition) is 1. The van der Waals surface area contributed by atoms with Gasteiger partial charge in [0.15, 0.2) is 0 Å². The molecule has 0 bridgehead atoms. The van der Waals surface area contributed by atoms with Gasteiger partial charge < -0.3 is 18.8 Å². The summed E-state index contributed by atoms with van der Waals surface area (Å²) in [5.74, 6) is 0.616. The summed E-state index contributed by atoms with van der Waals surface area (Å²) in [7, 11) is 1.60. The number of aryl methyl sites for hydroxylation is 1. The third kappa shape index (κ3) is 2.88. The van der Waals surface area contributed by atoms with E-state index in [0.29, 0.717) is 11.8 Å². The molecule has 0 aliphatic heterocycles. The van der Waals surface area contributed by atoms with E-state index in [1.165, 1.54) is 0 Å². The van der Waals surface area contributed by atoms with Gasteiger partial charge in [0.25, 0.3) is 0 Å². The number of rotatable bonds is 5. The number of carbonyl (C=O) groups is 1. The number of aromatic nitrogens is 3. The maximum Gasteiger partial charge on any atom is 0.323 e. The van der Waals surface area contributed by atoms with E-state index in [-0.39, 0.29) is 6.54 Å². The summed E-state index contributed by atoms with van der Waals surface area (Å²) in [5, 5.41) is 17.2. The lowest BCUT2D eigenvalue weighted by Crippen LogP contribution is -2.11. The van der Waals surface area contributed by atoms with E-state index in [4.69, 9.17) is 14.3 Å². The van der Waals surface area contributed by atoms with Crippen molar-refractivity contribution in [3.05, 3.63) is 41.7 Å². The first-order valence-electron chi connectivity index (χ1n) is 7.36. The van der Waals surface area contributed by atoms with Gasteiger partial charge in [-0.25, -0.2) is 0 Å². The van der Waals surface area contributed by atoms with Gasteiger partial charge in [-0.05, 0) is 44.2 Å². The van der Waals surface area contributed by atoms with E-state index in [2.05, 4.69) is 10.2 Å². The van der Waals surface area contributed by atoms with Crippen LogP contribution in [0.25, 0.3) is 22.9 Å². The van der Waals surface area contributed by atoms with Gasteiger partial charge in [0.1, 0.15) is 12.3 Å². The molecule has 0 amide bonds. The van der Waals surface area contributed by atoms with Gasteiger partial charge in [-0.15, -0.1) is 10.2 Å². The Morgan fingerprint density at radius 2 is 1.88 bits per heavy atom. The summed E-state index contributed by atoms with van der Waals surface area (Å²) in [6.45, 7) is 3.58. The highest BCUT2D eigenvalue weighted by atomic mass is 16.5. The molecule has 0 unspecified atom stereocenters. The lowest BCUT2D eigenvalue weighted by Gasteiger charge is -2.05. The van der Waals surface area contributed by atoms with Gasteiger partial charge in [0.05, 0.1) is 12.7 Å². The molecule has 0 aliphatic carbocycles. The van der Waals surface area contributed by atoms with Gasteiger partial charge in [0, 0.05) is 17.0 Å². The van der Waals surface area contributed by atoms with Crippen LogP contribution in [0, 0.1) is 13.8 Å². The monoisotopic (exact) mass is 327 g/mol. The average molecular weight is 327 g/mol. The van der Waals surface area contributed by atoms with Crippen LogP contribution in [0.1, 0.15) is 11.4 Å². The first kappa shape index (κ1) is 15.8. The summed E-state index contributed by atoms with van der Waals surface area (Å²) >= 11 is 0. The van der Waals surface area contributed by atoms with E-state index in [0.717, 1.165) is 28.3 Å². The molecule has 24 heavy (non-hydrogen) atoms. The molecule has 0 fully saturated rings. The fourth-order valence-corrected chi connectivity index (χ4v) is 2.58. The number of ether oxygens (including phenoxy) is 1. The van der Waals surface area contributed by atoms with Gasteiger partial charge in [-0.2, -0.15) is 0 Å². The molecule has 1 N–H and O–H groups in total. The number of carboxylic acid groups (broad SMARTS) is 1. The molecule has 0 saturated carbocycles. The van der Waals surface area contributed by atoms with Crippen molar-refractivity contribution in [2.45, 2.75) is 20.4 Å². The van der Waals surface area contributed by atoms with E-state index < -0.39 is 5.97 Å². The Kier molecular flexibility index (Phi) is 4.07. The Morgan fingerprint density at radius 1 is 1.21 bits per heavy atom. The molecular weight excluding hydrogens is 310 g/mol. The molecule has 3 rings (SSSR count). The molecule has 124 valence electrons. The molecule has 0 radical (unpaired) electrons. The SMILES string of the molecule is COc1ccc(-c2nnc(-c3cc(C)n(CC(=O)O)c3C)o2)cc1. The van der Waals surface area contributed by atoms with Crippen molar-refractivity contribution >= 4 is 5.97 Å². The minimum Gasteiger partial charge on any atom is -0.497 e. The summed E-state index contributed by atoms with van der Waals surface area (Å²) in [4.78, 5) is 11.0. The number of aliphatic carboxylic acids is 1. The second-order valence-corrected chi connectivity index (χ2v) is 5.41. The van der Waals surface area contributed by atoms with Crippen LogP contribution in [-0.2, 0) is 11.3 Å². The normalized spacial score (nSPS) is 10.8. The smallest absolute Gasteiger partial charge is 0.323 e. The predicted molar refractivity (Wildman–Crippen MR) is 86.8 cm³/mol. The number of hydrogen-bond acceptors (Lipinski definition) is 5. The molecule has 0 atom stereocenters. The molecule has 0 saturated heterocycles. The van der Waals surface area contributed by atoms with Crippen LogP contribution in [0.2, 0.25) is 0 Å². The molecule has 0 aliphatic rings. The van der Waals surface area contributed by atoms with E-state index >= 15 is 0 Å². The van der Waals surface area contributed by atoms with Crippen LogP contribution in [0.3, 0.4) is 0 Å². The standard InChI is InChI=1S/C17H17N3O4/c1-10-8-14(11(2)20(10)9-15(21)22)17-19-18-16(24-17)12-4-6-13(23-3)7-5-12/h4-8H,9H2,1-3H3,(H,21,22). The summed E-state index contributed by atoms with van der Waals surface area (Å²) in [6, 6.07) is 9.16. The first-order chi connectivity index (χ1) is 11.5. The predicted octanol–water partition coefficient (Wildman–Crippen LogP) is 2.92. The second-order valence-electron chi connectivity index (χ2n) is 5.41. The topological polar surface area (TPSA) is 90.4 Å². The Hall–Kier alpha value is -3.09. The molecule has 2 aromatic heterocycles. The van der Waals surface area contributed by atoms with Crippen LogP contribution in [0.5, 0.6) is 5.75 Å². The van der Waals surface area contributed by atoms with Gasteiger partial charge in [-0.1, -0.05) is 0 Å². The number of carboxylic acids is 1. The molecule has 0 spiro atoms.